The molecule has 3 rings (SSSR count). The van der Waals surface area contributed by atoms with Crippen LogP contribution in [0.4, 0.5) is 0 Å². The fourth-order valence-electron chi connectivity index (χ4n) is 3.01. The molecule has 0 heterocycles. The van der Waals surface area contributed by atoms with Gasteiger partial charge in [-0.25, -0.2) is 0 Å². The van der Waals surface area contributed by atoms with Gasteiger partial charge in [0.2, 0.25) is 0 Å². The molecule has 0 bridgehead atoms. The van der Waals surface area contributed by atoms with Crippen molar-refractivity contribution >= 4 is 5.97 Å². The van der Waals surface area contributed by atoms with Gasteiger partial charge in [-0.3, -0.25) is 9.69 Å². The highest BCUT2D eigenvalue weighted by Crippen LogP contribution is 2.29. The van der Waals surface area contributed by atoms with Crippen LogP contribution in [-0.2, 0) is 4.79 Å². The van der Waals surface area contributed by atoms with Crippen molar-refractivity contribution in [1.29, 1.82) is 0 Å². The Morgan fingerprint density at radius 2 is 1.52 bits per heavy atom. The standard InChI is InChI=1S/C24H25NO4/c1-25(18-24(26)27)16-15-23(19-9-4-2-5-10-19)29-22-14-8-13-21(17-22)28-20-11-6-3-7-12-20/h2-14,17,23H,15-16,18H2,1H3,(H,26,27). The lowest BCUT2D eigenvalue weighted by Crippen LogP contribution is -2.28. The van der Waals surface area contributed by atoms with Gasteiger partial charge in [0, 0.05) is 19.0 Å². The maximum Gasteiger partial charge on any atom is 0.317 e. The van der Waals surface area contributed by atoms with E-state index < -0.39 is 5.97 Å². The summed E-state index contributed by atoms with van der Waals surface area (Å²) in [5.41, 5.74) is 1.05. The zero-order valence-corrected chi connectivity index (χ0v) is 16.4. The number of carboxylic acid groups (broad SMARTS) is 1. The summed E-state index contributed by atoms with van der Waals surface area (Å²) in [6.45, 7) is 0.605. The van der Waals surface area contributed by atoms with E-state index in [4.69, 9.17) is 14.6 Å². The number of hydrogen-bond acceptors (Lipinski definition) is 4. The van der Waals surface area contributed by atoms with Crippen LogP contribution in [0.1, 0.15) is 18.1 Å². The van der Waals surface area contributed by atoms with Crippen LogP contribution in [0.5, 0.6) is 17.2 Å². The summed E-state index contributed by atoms with van der Waals surface area (Å²) in [4.78, 5) is 12.7. The molecule has 5 heteroatoms. The Balaban J connectivity index is 1.71. The lowest BCUT2D eigenvalue weighted by Gasteiger charge is -2.23. The zero-order chi connectivity index (χ0) is 20.5. The zero-order valence-electron chi connectivity index (χ0n) is 16.4. The van der Waals surface area contributed by atoms with Crippen LogP contribution in [0.3, 0.4) is 0 Å². The van der Waals surface area contributed by atoms with E-state index >= 15 is 0 Å². The van der Waals surface area contributed by atoms with E-state index in [-0.39, 0.29) is 12.6 Å². The molecule has 0 saturated carbocycles. The average Bonchev–Trinajstić information content (AvgIpc) is 2.72. The minimum atomic E-state index is -0.838. The fourth-order valence-corrected chi connectivity index (χ4v) is 3.01. The second-order valence-electron chi connectivity index (χ2n) is 6.83. The minimum absolute atomic E-state index is 0.00190. The minimum Gasteiger partial charge on any atom is -0.486 e. The highest BCUT2D eigenvalue weighted by molar-refractivity contribution is 5.69. The van der Waals surface area contributed by atoms with E-state index in [0.717, 1.165) is 11.3 Å². The monoisotopic (exact) mass is 391 g/mol. The number of nitrogens with zero attached hydrogens (tertiary/aromatic N) is 1. The molecule has 3 aromatic carbocycles. The Kier molecular flexibility index (Phi) is 7.25. The second-order valence-corrected chi connectivity index (χ2v) is 6.83. The molecule has 0 fully saturated rings. The first-order valence-electron chi connectivity index (χ1n) is 9.55. The molecule has 1 unspecified atom stereocenters. The Bertz CT molecular complexity index is 899. The summed E-state index contributed by atoms with van der Waals surface area (Å²) in [5, 5.41) is 8.97. The Morgan fingerprint density at radius 1 is 0.897 bits per heavy atom. The number of carboxylic acids is 1. The van der Waals surface area contributed by atoms with Crippen LogP contribution in [0.25, 0.3) is 0 Å². The van der Waals surface area contributed by atoms with E-state index in [2.05, 4.69) is 0 Å². The van der Waals surface area contributed by atoms with E-state index in [0.29, 0.717) is 24.5 Å². The lowest BCUT2D eigenvalue weighted by molar-refractivity contribution is -0.138. The first-order valence-corrected chi connectivity index (χ1v) is 9.55. The molecule has 0 aromatic heterocycles. The topological polar surface area (TPSA) is 59.0 Å². The van der Waals surface area contributed by atoms with Crippen molar-refractivity contribution in [1.82, 2.24) is 4.90 Å². The Morgan fingerprint density at radius 3 is 2.21 bits per heavy atom. The second kappa shape index (κ2) is 10.3. The van der Waals surface area contributed by atoms with Crippen LogP contribution in [-0.4, -0.2) is 36.1 Å². The molecule has 3 aromatic rings. The fraction of sp³-hybridized carbons (Fsp3) is 0.208. The summed E-state index contributed by atoms with van der Waals surface area (Å²) in [7, 11) is 1.80. The summed E-state index contributed by atoms with van der Waals surface area (Å²) in [5.74, 6) is 1.33. The van der Waals surface area contributed by atoms with Crippen LogP contribution in [0.2, 0.25) is 0 Å². The summed E-state index contributed by atoms with van der Waals surface area (Å²) >= 11 is 0. The van der Waals surface area contributed by atoms with Gasteiger partial charge < -0.3 is 14.6 Å². The van der Waals surface area contributed by atoms with Gasteiger partial charge in [-0.05, 0) is 36.9 Å². The highest BCUT2D eigenvalue weighted by atomic mass is 16.5. The van der Waals surface area contributed by atoms with Crippen molar-refractivity contribution in [3.05, 3.63) is 90.5 Å². The summed E-state index contributed by atoms with van der Waals surface area (Å²) in [6.07, 6.45) is 0.469. The lowest BCUT2D eigenvalue weighted by atomic mass is 10.1. The largest absolute Gasteiger partial charge is 0.486 e. The van der Waals surface area contributed by atoms with Crippen molar-refractivity contribution in [3.8, 4) is 17.2 Å². The van der Waals surface area contributed by atoms with Crippen LogP contribution in [0.15, 0.2) is 84.9 Å². The SMILES string of the molecule is CN(CCC(Oc1cccc(Oc2ccccc2)c1)c1ccccc1)CC(=O)O. The number of hydrogen-bond donors (Lipinski definition) is 1. The van der Waals surface area contributed by atoms with Gasteiger partial charge in [-0.2, -0.15) is 0 Å². The van der Waals surface area contributed by atoms with Crippen molar-refractivity contribution in [2.24, 2.45) is 0 Å². The molecular weight excluding hydrogens is 366 g/mol. The predicted octanol–water partition coefficient (Wildman–Crippen LogP) is 5.01. The first kappa shape index (κ1) is 20.4. The first-order chi connectivity index (χ1) is 14.1. The van der Waals surface area contributed by atoms with E-state index in [1.807, 2.05) is 84.9 Å². The molecule has 1 atom stereocenters. The Hall–Kier alpha value is -3.31. The highest BCUT2D eigenvalue weighted by Gasteiger charge is 2.16. The molecule has 0 aliphatic heterocycles. The van der Waals surface area contributed by atoms with Gasteiger partial charge >= 0.3 is 5.97 Å². The number of rotatable bonds is 10. The van der Waals surface area contributed by atoms with E-state index in [1.54, 1.807) is 11.9 Å². The van der Waals surface area contributed by atoms with Crippen molar-refractivity contribution in [3.63, 3.8) is 0 Å². The van der Waals surface area contributed by atoms with Gasteiger partial charge in [0.1, 0.15) is 23.4 Å². The molecule has 0 amide bonds. The molecular formula is C24H25NO4. The molecule has 29 heavy (non-hydrogen) atoms. The average molecular weight is 391 g/mol. The number of benzene rings is 3. The maximum absolute atomic E-state index is 10.9. The van der Waals surface area contributed by atoms with E-state index in [1.165, 1.54) is 0 Å². The van der Waals surface area contributed by atoms with Gasteiger partial charge in [0.25, 0.3) is 0 Å². The van der Waals surface area contributed by atoms with Crippen molar-refractivity contribution in [2.75, 3.05) is 20.1 Å². The van der Waals surface area contributed by atoms with E-state index in [9.17, 15) is 4.79 Å². The van der Waals surface area contributed by atoms with Gasteiger partial charge in [0.15, 0.2) is 0 Å². The Labute approximate surface area is 171 Å². The van der Waals surface area contributed by atoms with Crippen molar-refractivity contribution < 1.29 is 19.4 Å². The third-order valence-corrected chi connectivity index (χ3v) is 4.41. The van der Waals surface area contributed by atoms with Gasteiger partial charge in [0.05, 0.1) is 6.54 Å². The molecule has 0 aliphatic carbocycles. The summed E-state index contributed by atoms with van der Waals surface area (Å²) in [6, 6.07) is 27.1. The molecule has 1 N–H and O–H groups in total. The van der Waals surface area contributed by atoms with Crippen molar-refractivity contribution in [2.45, 2.75) is 12.5 Å². The molecule has 0 spiro atoms. The maximum atomic E-state index is 10.9. The molecule has 150 valence electrons. The quantitative estimate of drug-likeness (QED) is 0.527. The molecule has 0 saturated heterocycles. The van der Waals surface area contributed by atoms with Gasteiger partial charge in [-0.15, -0.1) is 0 Å². The molecule has 0 radical (unpaired) electrons. The van der Waals surface area contributed by atoms with Crippen LogP contribution >= 0.6 is 0 Å². The normalized spacial score (nSPS) is 11.8. The number of ether oxygens (including phenoxy) is 2. The van der Waals surface area contributed by atoms with Gasteiger partial charge in [-0.1, -0.05) is 54.6 Å². The molecule has 0 aliphatic rings. The molecule has 5 nitrogen and oxygen atoms in total. The number of carbonyl (C=O) groups is 1. The third kappa shape index (κ3) is 6.66. The van der Waals surface area contributed by atoms with Crippen LogP contribution in [0, 0.1) is 0 Å². The summed E-state index contributed by atoms with van der Waals surface area (Å²) < 4.78 is 12.2. The number of para-hydroxylation sites is 1. The predicted molar refractivity (Wildman–Crippen MR) is 113 cm³/mol. The number of likely N-dealkylation sites (N-methyl/N-ethyl adjacent to an activating group) is 1. The smallest absolute Gasteiger partial charge is 0.317 e. The van der Waals surface area contributed by atoms with Crippen LogP contribution < -0.4 is 9.47 Å². The third-order valence-electron chi connectivity index (χ3n) is 4.41. The number of aliphatic carboxylic acids is 1.